The summed E-state index contributed by atoms with van der Waals surface area (Å²) in [5.74, 6) is -0.0713. The van der Waals surface area contributed by atoms with E-state index in [2.05, 4.69) is 18.3 Å². The quantitative estimate of drug-likeness (QED) is 0.407. The van der Waals surface area contributed by atoms with Crippen LogP contribution < -0.4 is 5.32 Å². The van der Waals surface area contributed by atoms with Crippen LogP contribution in [0.1, 0.15) is 34.1 Å². The van der Waals surface area contributed by atoms with Gasteiger partial charge in [-0.15, -0.1) is 22.7 Å². The van der Waals surface area contributed by atoms with E-state index in [-0.39, 0.29) is 5.91 Å². The molecule has 1 aliphatic rings. The molecule has 0 spiro atoms. The van der Waals surface area contributed by atoms with Crippen molar-refractivity contribution in [2.24, 2.45) is 5.92 Å². The van der Waals surface area contributed by atoms with Crippen LogP contribution in [0.25, 0.3) is 20.8 Å². The number of carbonyl (C=O) groups is 1. The van der Waals surface area contributed by atoms with Gasteiger partial charge in [0.25, 0.3) is 5.91 Å². The van der Waals surface area contributed by atoms with Crippen LogP contribution in [0.5, 0.6) is 0 Å². The van der Waals surface area contributed by atoms with Crippen molar-refractivity contribution in [2.45, 2.75) is 26.2 Å². The third kappa shape index (κ3) is 3.47. The second-order valence-electron chi connectivity index (χ2n) is 7.51. The number of halogens is 1. The van der Waals surface area contributed by atoms with Crippen LogP contribution in [-0.4, -0.2) is 10.9 Å². The van der Waals surface area contributed by atoms with E-state index < -0.39 is 5.82 Å². The highest BCUT2D eigenvalue weighted by molar-refractivity contribution is 7.23. The van der Waals surface area contributed by atoms with Crippen molar-refractivity contribution >= 4 is 43.8 Å². The molecule has 1 unspecified atom stereocenters. The molecule has 2 aromatic carbocycles. The van der Waals surface area contributed by atoms with E-state index in [1.54, 1.807) is 34.8 Å². The third-order valence-corrected chi connectivity index (χ3v) is 7.56. The van der Waals surface area contributed by atoms with E-state index in [0.717, 1.165) is 45.1 Å². The minimum Gasteiger partial charge on any atom is -0.313 e. The van der Waals surface area contributed by atoms with E-state index >= 15 is 0 Å². The first-order valence-corrected chi connectivity index (χ1v) is 11.3. The molecule has 0 bridgehead atoms. The lowest BCUT2D eigenvalue weighted by molar-refractivity contribution is 0.102. The first kappa shape index (κ1) is 18.5. The van der Waals surface area contributed by atoms with Crippen LogP contribution in [0.15, 0.2) is 48.5 Å². The summed E-state index contributed by atoms with van der Waals surface area (Å²) in [6.07, 6.45) is 3.15. The van der Waals surface area contributed by atoms with Crippen LogP contribution in [0.2, 0.25) is 0 Å². The lowest BCUT2D eigenvalue weighted by Gasteiger charge is -2.18. The number of hydrogen-bond acceptors (Lipinski definition) is 4. The molecule has 1 atom stereocenters. The first-order valence-electron chi connectivity index (χ1n) is 9.66. The molecular weight excluding hydrogens is 403 g/mol. The third-order valence-electron chi connectivity index (χ3n) is 5.33. The number of nitrogens with zero attached hydrogens (tertiary/aromatic N) is 1. The van der Waals surface area contributed by atoms with Gasteiger partial charge in [-0.25, -0.2) is 9.37 Å². The molecule has 3 nitrogen and oxygen atoms in total. The molecule has 146 valence electrons. The zero-order valence-electron chi connectivity index (χ0n) is 15.9. The van der Waals surface area contributed by atoms with E-state index in [1.807, 2.05) is 18.2 Å². The van der Waals surface area contributed by atoms with Gasteiger partial charge < -0.3 is 5.32 Å². The summed E-state index contributed by atoms with van der Waals surface area (Å²) in [6, 6.07) is 13.9. The van der Waals surface area contributed by atoms with Crippen LogP contribution in [0, 0.1) is 11.7 Å². The van der Waals surface area contributed by atoms with Gasteiger partial charge in [-0.1, -0.05) is 25.1 Å². The molecule has 2 aromatic heterocycles. The molecule has 0 aliphatic heterocycles. The zero-order valence-corrected chi connectivity index (χ0v) is 17.5. The molecule has 1 amide bonds. The Bertz CT molecular complexity index is 1190. The number of carbonyl (C=O) groups excluding carboxylic acids is 1. The second-order valence-corrected chi connectivity index (χ2v) is 9.64. The molecule has 0 radical (unpaired) electrons. The Labute approximate surface area is 176 Å². The molecule has 1 aliphatic carbocycles. The van der Waals surface area contributed by atoms with Crippen LogP contribution in [0.3, 0.4) is 0 Å². The maximum absolute atomic E-state index is 13.6. The molecule has 0 fully saturated rings. The molecule has 0 saturated carbocycles. The smallest absolute Gasteiger partial charge is 0.256 e. The topological polar surface area (TPSA) is 42.0 Å². The number of thiazole rings is 1. The van der Waals surface area contributed by atoms with Crippen molar-refractivity contribution < 1.29 is 9.18 Å². The second kappa shape index (κ2) is 7.35. The van der Waals surface area contributed by atoms with Gasteiger partial charge in [-0.3, -0.25) is 4.79 Å². The largest absolute Gasteiger partial charge is 0.313 e. The van der Waals surface area contributed by atoms with E-state index in [9.17, 15) is 9.18 Å². The lowest BCUT2D eigenvalue weighted by Crippen LogP contribution is -2.12. The predicted octanol–water partition coefficient (Wildman–Crippen LogP) is 6.54. The SMILES string of the molecule is CC1CCc2c(sc(NC(=O)c3cccc(F)c3)c2-c2nc3ccccc3s2)C1. The standard InChI is InChI=1S/C23H19FN2OS2/c1-13-9-10-16-19(11-13)29-23(26-21(27)14-5-4-6-15(24)12-14)20(16)22-25-17-7-2-3-8-18(17)28-22/h2-8,12-13H,9-11H2,1H3,(H,26,27). The number of benzene rings is 2. The minimum absolute atomic E-state index is 0.293. The highest BCUT2D eigenvalue weighted by atomic mass is 32.1. The number of aromatic nitrogens is 1. The Morgan fingerprint density at radius 1 is 1.17 bits per heavy atom. The maximum Gasteiger partial charge on any atom is 0.256 e. The number of amides is 1. The van der Waals surface area contributed by atoms with Gasteiger partial charge in [0.2, 0.25) is 0 Å². The average Bonchev–Trinajstić information content (AvgIpc) is 3.27. The molecule has 4 aromatic rings. The molecule has 0 saturated heterocycles. The van der Waals surface area contributed by atoms with Gasteiger partial charge in [0.1, 0.15) is 15.8 Å². The van der Waals surface area contributed by atoms with E-state index in [1.165, 1.54) is 22.6 Å². The Kier molecular flexibility index (Phi) is 4.68. The van der Waals surface area contributed by atoms with Crippen molar-refractivity contribution in [3.05, 3.63) is 70.4 Å². The summed E-state index contributed by atoms with van der Waals surface area (Å²) in [5, 5.41) is 4.80. The number of nitrogens with one attached hydrogen (secondary N) is 1. The Balaban J connectivity index is 1.60. The van der Waals surface area contributed by atoms with E-state index in [0.29, 0.717) is 11.5 Å². The molecular formula is C23H19FN2OS2. The Morgan fingerprint density at radius 2 is 2.03 bits per heavy atom. The highest BCUT2D eigenvalue weighted by Gasteiger charge is 2.27. The fourth-order valence-electron chi connectivity index (χ4n) is 3.85. The summed E-state index contributed by atoms with van der Waals surface area (Å²) in [6.45, 7) is 2.27. The number of para-hydroxylation sites is 1. The van der Waals surface area contributed by atoms with E-state index in [4.69, 9.17) is 4.98 Å². The van der Waals surface area contributed by atoms with Gasteiger partial charge in [-0.05, 0) is 61.1 Å². The molecule has 2 heterocycles. The van der Waals surface area contributed by atoms with Crippen molar-refractivity contribution in [3.8, 4) is 10.6 Å². The number of hydrogen-bond donors (Lipinski definition) is 1. The van der Waals surface area contributed by atoms with Gasteiger partial charge >= 0.3 is 0 Å². The molecule has 29 heavy (non-hydrogen) atoms. The monoisotopic (exact) mass is 422 g/mol. The summed E-state index contributed by atoms with van der Waals surface area (Å²) < 4.78 is 14.7. The minimum atomic E-state index is -0.414. The van der Waals surface area contributed by atoms with Gasteiger partial charge in [0.05, 0.1) is 10.2 Å². The fourth-order valence-corrected chi connectivity index (χ4v) is 6.37. The number of anilines is 1. The van der Waals surface area contributed by atoms with Crippen molar-refractivity contribution in [3.63, 3.8) is 0 Å². The van der Waals surface area contributed by atoms with Crippen molar-refractivity contribution in [2.75, 3.05) is 5.32 Å². The number of fused-ring (bicyclic) bond motifs is 2. The summed E-state index contributed by atoms with van der Waals surface area (Å²) in [4.78, 5) is 19.0. The van der Waals surface area contributed by atoms with Crippen LogP contribution in [0.4, 0.5) is 9.39 Å². The number of rotatable bonds is 3. The Hall–Kier alpha value is -2.57. The molecule has 1 N–H and O–H groups in total. The average molecular weight is 423 g/mol. The zero-order chi connectivity index (χ0) is 20.0. The van der Waals surface area contributed by atoms with Crippen molar-refractivity contribution in [1.29, 1.82) is 0 Å². The predicted molar refractivity (Wildman–Crippen MR) is 118 cm³/mol. The maximum atomic E-state index is 13.6. The van der Waals surface area contributed by atoms with Gasteiger partial charge in [0, 0.05) is 16.0 Å². The summed E-state index contributed by atoms with van der Waals surface area (Å²) in [7, 11) is 0. The molecule has 5 rings (SSSR count). The first-order chi connectivity index (χ1) is 14.1. The van der Waals surface area contributed by atoms with Gasteiger partial charge in [-0.2, -0.15) is 0 Å². The van der Waals surface area contributed by atoms with Crippen molar-refractivity contribution in [1.82, 2.24) is 4.98 Å². The molecule has 6 heteroatoms. The number of thiophene rings is 1. The summed E-state index contributed by atoms with van der Waals surface area (Å²) >= 11 is 3.29. The summed E-state index contributed by atoms with van der Waals surface area (Å²) in [5.41, 5.74) is 3.64. The van der Waals surface area contributed by atoms with Gasteiger partial charge in [0.15, 0.2) is 0 Å². The Morgan fingerprint density at radius 3 is 2.86 bits per heavy atom. The van der Waals surface area contributed by atoms with Crippen LogP contribution >= 0.6 is 22.7 Å². The van der Waals surface area contributed by atoms with Crippen LogP contribution in [-0.2, 0) is 12.8 Å². The normalized spacial score (nSPS) is 16.0. The highest BCUT2D eigenvalue weighted by Crippen LogP contribution is 2.47. The fraction of sp³-hybridized carbons (Fsp3) is 0.217. The lowest BCUT2D eigenvalue weighted by atomic mass is 9.88.